The summed E-state index contributed by atoms with van der Waals surface area (Å²) < 4.78 is 49.2. The Morgan fingerprint density at radius 1 is 0.912 bits per heavy atom. The van der Waals surface area contributed by atoms with Gasteiger partial charge in [0.05, 0.1) is 37.9 Å². The van der Waals surface area contributed by atoms with Crippen LogP contribution in [-0.2, 0) is 14.3 Å². The van der Waals surface area contributed by atoms with Gasteiger partial charge in [-0.2, -0.15) is 8.78 Å². The van der Waals surface area contributed by atoms with Crippen LogP contribution < -0.4 is 18.9 Å². The van der Waals surface area contributed by atoms with Crippen LogP contribution in [0.1, 0.15) is 11.1 Å². The van der Waals surface area contributed by atoms with E-state index in [9.17, 15) is 28.5 Å². The molecule has 12 heteroatoms. The van der Waals surface area contributed by atoms with Crippen molar-refractivity contribution >= 4 is 29.8 Å². The molecule has 0 aliphatic heterocycles. The minimum absolute atomic E-state index is 0.0418. The zero-order valence-corrected chi connectivity index (χ0v) is 18.2. The molecule has 0 amide bonds. The Balaban J connectivity index is 2.26. The first-order valence-corrected chi connectivity index (χ1v) is 9.33. The highest BCUT2D eigenvalue weighted by atomic mass is 19.3. The summed E-state index contributed by atoms with van der Waals surface area (Å²) in [6.07, 6.45) is 4.63. The van der Waals surface area contributed by atoms with Crippen LogP contribution in [0.4, 0.5) is 14.5 Å². The van der Waals surface area contributed by atoms with Crippen molar-refractivity contribution in [2.24, 2.45) is 0 Å². The topological polar surface area (TPSA) is 123 Å². The summed E-state index contributed by atoms with van der Waals surface area (Å²) in [4.78, 5) is 34.0. The normalized spacial score (nSPS) is 11.0. The molecule has 0 spiro atoms. The van der Waals surface area contributed by atoms with E-state index >= 15 is 0 Å². The van der Waals surface area contributed by atoms with Gasteiger partial charge in [0.25, 0.3) is 5.69 Å². The molecule has 0 aliphatic carbocycles. The number of nitro groups is 1. The Bertz CT molecular complexity index is 1130. The van der Waals surface area contributed by atoms with Gasteiger partial charge in [-0.25, -0.2) is 9.59 Å². The Hall–Kier alpha value is -4.48. The van der Waals surface area contributed by atoms with Crippen molar-refractivity contribution in [3.63, 3.8) is 0 Å². The molecule has 0 aromatic heterocycles. The molecule has 0 saturated carbocycles. The number of esters is 2. The third-order valence-corrected chi connectivity index (χ3v) is 4.14. The lowest BCUT2D eigenvalue weighted by Gasteiger charge is -2.11. The second-order valence-electron chi connectivity index (χ2n) is 6.22. The monoisotopic (exact) mass is 479 g/mol. The highest BCUT2D eigenvalue weighted by Gasteiger charge is 2.21. The number of hydrogen-bond donors (Lipinski definition) is 0. The maximum Gasteiger partial charge on any atom is 0.387 e. The number of methoxy groups -OCH3 is 3. The minimum atomic E-state index is -3.22. The maximum absolute atomic E-state index is 12.6. The molecule has 0 atom stereocenters. The molecule has 34 heavy (non-hydrogen) atoms. The first kappa shape index (κ1) is 25.8. The highest BCUT2D eigenvalue weighted by Crippen LogP contribution is 2.36. The van der Waals surface area contributed by atoms with Gasteiger partial charge in [0.15, 0.2) is 23.0 Å². The van der Waals surface area contributed by atoms with Gasteiger partial charge in [0, 0.05) is 12.2 Å². The first-order valence-electron chi connectivity index (χ1n) is 9.33. The fourth-order valence-electron chi connectivity index (χ4n) is 2.61. The van der Waals surface area contributed by atoms with Crippen LogP contribution >= 0.6 is 0 Å². The van der Waals surface area contributed by atoms with Crippen molar-refractivity contribution in [1.29, 1.82) is 0 Å². The van der Waals surface area contributed by atoms with Crippen molar-refractivity contribution in [3.05, 3.63) is 63.7 Å². The SMILES string of the molecule is COC(=O)/C=C/c1ccc(OC(=O)/C=C/c2cc(OC)c(OC(F)F)cc2[N+](=O)[O-])c(OC)c1. The predicted octanol–water partition coefficient (Wildman–Crippen LogP) is 4.02. The van der Waals surface area contributed by atoms with Crippen LogP contribution in [-0.4, -0.2) is 44.8 Å². The third kappa shape index (κ3) is 7.02. The number of alkyl halides is 2. The Labute approximate surface area is 192 Å². The molecule has 0 fully saturated rings. The molecule has 2 aromatic carbocycles. The molecular weight excluding hydrogens is 460 g/mol. The summed E-state index contributed by atoms with van der Waals surface area (Å²) in [5.74, 6) is -1.97. The summed E-state index contributed by atoms with van der Waals surface area (Å²) >= 11 is 0. The molecule has 180 valence electrons. The average molecular weight is 479 g/mol. The maximum atomic E-state index is 12.6. The van der Waals surface area contributed by atoms with Crippen molar-refractivity contribution < 1.29 is 47.0 Å². The lowest BCUT2D eigenvalue weighted by Crippen LogP contribution is -2.06. The standard InChI is InChI=1S/C22H19F2NO9/c1-30-17-10-13(5-8-20(26)32-3)4-7-16(17)33-21(27)9-6-14-11-18(31-2)19(34-22(23)24)12-15(14)25(28)29/h4-12,22H,1-3H3/b8-5+,9-6+. The molecule has 0 N–H and O–H groups in total. The van der Waals surface area contributed by atoms with Crippen molar-refractivity contribution in [2.75, 3.05) is 21.3 Å². The Morgan fingerprint density at radius 3 is 2.15 bits per heavy atom. The number of nitro benzene ring substituents is 1. The molecule has 10 nitrogen and oxygen atoms in total. The first-order chi connectivity index (χ1) is 16.2. The molecular formula is C22H19F2NO9. The van der Waals surface area contributed by atoms with E-state index in [1.54, 1.807) is 6.07 Å². The van der Waals surface area contributed by atoms with E-state index in [0.717, 1.165) is 31.4 Å². The number of nitrogens with zero attached hydrogens (tertiary/aromatic N) is 1. The van der Waals surface area contributed by atoms with Crippen LogP contribution in [0.3, 0.4) is 0 Å². The summed E-state index contributed by atoms with van der Waals surface area (Å²) in [5, 5.41) is 11.3. The zero-order valence-electron chi connectivity index (χ0n) is 18.2. The fourth-order valence-corrected chi connectivity index (χ4v) is 2.61. The Kier molecular flexibility index (Phi) is 9.06. The van der Waals surface area contributed by atoms with E-state index in [4.69, 9.17) is 14.2 Å². The number of benzene rings is 2. The molecule has 0 aliphatic rings. The summed E-state index contributed by atoms with van der Waals surface area (Å²) in [6, 6.07) is 6.31. The summed E-state index contributed by atoms with van der Waals surface area (Å²) in [6.45, 7) is -3.22. The van der Waals surface area contributed by atoms with Gasteiger partial charge in [-0.3, -0.25) is 10.1 Å². The van der Waals surface area contributed by atoms with Gasteiger partial charge in [-0.05, 0) is 35.9 Å². The molecule has 0 heterocycles. The van der Waals surface area contributed by atoms with Crippen LogP contribution in [0.15, 0.2) is 42.5 Å². The molecule has 0 unspecified atom stereocenters. The molecule has 2 aromatic rings. The van der Waals surface area contributed by atoms with E-state index < -0.39 is 34.9 Å². The fraction of sp³-hybridized carbons (Fsp3) is 0.182. The second kappa shape index (κ2) is 11.9. The molecule has 0 radical (unpaired) electrons. The van der Waals surface area contributed by atoms with E-state index in [0.29, 0.717) is 5.56 Å². The van der Waals surface area contributed by atoms with Crippen LogP contribution in [0.2, 0.25) is 0 Å². The molecule has 2 rings (SSSR count). The predicted molar refractivity (Wildman–Crippen MR) is 115 cm³/mol. The second-order valence-corrected chi connectivity index (χ2v) is 6.22. The number of hydrogen-bond acceptors (Lipinski definition) is 9. The van der Waals surface area contributed by atoms with Gasteiger partial charge in [-0.1, -0.05) is 6.07 Å². The number of rotatable bonds is 10. The van der Waals surface area contributed by atoms with Gasteiger partial charge in [-0.15, -0.1) is 0 Å². The smallest absolute Gasteiger partial charge is 0.387 e. The highest BCUT2D eigenvalue weighted by molar-refractivity contribution is 5.90. The average Bonchev–Trinajstić information content (AvgIpc) is 2.81. The number of halogens is 2. The van der Waals surface area contributed by atoms with E-state index in [1.807, 2.05) is 0 Å². The summed E-state index contributed by atoms with van der Waals surface area (Å²) in [7, 11) is 3.74. The quantitative estimate of drug-likeness (QED) is 0.163. The lowest BCUT2D eigenvalue weighted by atomic mass is 10.1. The van der Waals surface area contributed by atoms with Gasteiger partial charge in [0.1, 0.15) is 0 Å². The van der Waals surface area contributed by atoms with Gasteiger partial charge in [0.2, 0.25) is 0 Å². The number of ether oxygens (including phenoxy) is 5. The van der Waals surface area contributed by atoms with E-state index in [2.05, 4.69) is 9.47 Å². The number of carbonyl (C=O) groups is 2. The van der Waals surface area contributed by atoms with Crippen LogP contribution in [0.25, 0.3) is 12.2 Å². The Morgan fingerprint density at radius 2 is 1.56 bits per heavy atom. The lowest BCUT2D eigenvalue weighted by molar-refractivity contribution is -0.385. The van der Waals surface area contributed by atoms with Crippen molar-refractivity contribution in [3.8, 4) is 23.0 Å². The minimum Gasteiger partial charge on any atom is -0.493 e. The van der Waals surface area contributed by atoms with Crippen molar-refractivity contribution in [1.82, 2.24) is 0 Å². The van der Waals surface area contributed by atoms with Crippen molar-refractivity contribution in [2.45, 2.75) is 6.61 Å². The van der Waals surface area contributed by atoms with Crippen LogP contribution in [0, 0.1) is 10.1 Å². The zero-order chi connectivity index (χ0) is 25.3. The molecule has 0 saturated heterocycles. The largest absolute Gasteiger partial charge is 0.493 e. The summed E-state index contributed by atoms with van der Waals surface area (Å²) in [5.41, 5.74) is -0.151. The third-order valence-electron chi connectivity index (χ3n) is 4.14. The van der Waals surface area contributed by atoms with E-state index in [-0.39, 0.29) is 22.8 Å². The van der Waals surface area contributed by atoms with Crippen LogP contribution in [0.5, 0.6) is 23.0 Å². The van der Waals surface area contributed by atoms with Gasteiger partial charge < -0.3 is 23.7 Å². The van der Waals surface area contributed by atoms with E-state index in [1.165, 1.54) is 38.5 Å². The molecule has 0 bridgehead atoms. The number of carbonyl (C=O) groups excluding carboxylic acids is 2. The van der Waals surface area contributed by atoms with Gasteiger partial charge >= 0.3 is 18.6 Å².